The minimum Gasteiger partial charge on any atom is -0.505 e. The summed E-state index contributed by atoms with van der Waals surface area (Å²) in [6.45, 7) is 1.85. The number of halogens is 4. The predicted molar refractivity (Wildman–Crippen MR) is 137 cm³/mol. The van der Waals surface area contributed by atoms with Gasteiger partial charge in [0.25, 0.3) is 11.8 Å². The van der Waals surface area contributed by atoms with Crippen LogP contribution in [0.1, 0.15) is 31.2 Å². The molecule has 2 aromatic rings. The largest absolute Gasteiger partial charge is 0.505 e. The van der Waals surface area contributed by atoms with Gasteiger partial charge in [-0.2, -0.15) is 0 Å². The van der Waals surface area contributed by atoms with Crippen molar-refractivity contribution in [1.29, 1.82) is 0 Å². The zero-order valence-electron chi connectivity index (χ0n) is 20.5. The second-order valence-corrected chi connectivity index (χ2v) is 11.6. The highest BCUT2D eigenvalue weighted by Crippen LogP contribution is 2.66. The van der Waals surface area contributed by atoms with Crippen LogP contribution in [0.4, 0.5) is 14.5 Å². The van der Waals surface area contributed by atoms with Gasteiger partial charge >= 0.3 is 0 Å². The first kappa shape index (κ1) is 26.0. The number of nitrogens with zero attached hydrogens (tertiary/aromatic N) is 2. The fourth-order valence-corrected chi connectivity index (χ4v) is 7.81. The Labute approximate surface area is 232 Å². The van der Waals surface area contributed by atoms with Crippen molar-refractivity contribution in [2.45, 2.75) is 35.4 Å². The van der Waals surface area contributed by atoms with Gasteiger partial charge in [-0.25, -0.2) is 13.7 Å². The first-order valence-corrected chi connectivity index (χ1v) is 13.3. The van der Waals surface area contributed by atoms with Gasteiger partial charge in [-0.05, 0) is 56.0 Å². The number of allylic oxidation sites excluding steroid dienone is 2. The molecule has 0 unspecified atom stereocenters. The molecule has 2 aliphatic heterocycles. The topological polar surface area (TPSA) is 95.0 Å². The summed E-state index contributed by atoms with van der Waals surface area (Å²) in [5.41, 5.74) is 0.391. The Morgan fingerprint density at radius 2 is 1.67 bits per heavy atom. The fourth-order valence-electron chi connectivity index (χ4n) is 6.89. The first-order chi connectivity index (χ1) is 18.5. The highest BCUT2D eigenvalue weighted by molar-refractivity contribution is 6.58. The quantitative estimate of drug-likeness (QED) is 0.336. The molecule has 2 heterocycles. The molecule has 0 spiro atoms. The molecule has 1 saturated carbocycles. The average molecular weight is 575 g/mol. The normalized spacial score (nSPS) is 33.7. The van der Waals surface area contributed by atoms with Gasteiger partial charge in [-0.1, -0.05) is 23.8 Å². The standard InChI is InChI=1S/C28H22Cl2F2N2O5/c1-2-33-23(36)16-11-10-15-18(20(16)24(33)37)12-27(29)25(38)34(14-8-6-13(31)7-9-14)26(39)28(27,30)21(15)17-4-3-5-19(32)22(17)35/h3-10,16,18,20-21,35H,2,11-12H2,1H3/t16-,18+,20-,21+,27+,28-/m0/s1. The summed E-state index contributed by atoms with van der Waals surface area (Å²) in [4.78, 5) is 52.1. The van der Waals surface area contributed by atoms with E-state index in [1.165, 1.54) is 24.3 Å². The second kappa shape index (κ2) is 8.60. The van der Waals surface area contributed by atoms with Crippen molar-refractivity contribution in [2.75, 3.05) is 11.4 Å². The third-order valence-electron chi connectivity index (χ3n) is 8.63. The number of phenolic OH excluding ortho intramolecular Hbond substituents is 1. The molecule has 2 aromatic carbocycles. The number of anilines is 1. The summed E-state index contributed by atoms with van der Waals surface area (Å²) < 4.78 is 28.3. The molecule has 6 atom stereocenters. The maximum atomic E-state index is 14.7. The van der Waals surface area contributed by atoms with Crippen molar-refractivity contribution < 1.29 is 33.1 Å². The Kier molecular flexibility index (Phi) is 5.72. The van der Waals surface area contributed by atoms with Crippen LogP contribution in [0, 0.1) is 29.4 Å². The molecule has 0 bridgehead atoms. The number of para-hydroxylation sites is 1. The number of carbonyl (C=O) groups excluding carboxylic acids is 4. The first-order valence-electron chi connectivity index (χ1n) is 12.5. The molecular formula is C28H22Cl2F2N2O5. The summed E-state index contributed by atoms with van der Waals surface area (Å²) in [6.07, 6.45) is 1.61. The van der Waals surface area contributed by atoms with Crippen LogP contribution in [-0.4, -0.2) is 49.9 Å². The molecule has 4 amide bonds. The Bertz CT molecular complexity index is 1500. The van der Waals surface area contributed by atoms with E-state index in [0.717, 1.165) is 28.0 Å². The van der Waals surface area contributed by atoms with Gasteiger partial charge in [-0.15, -0.1) is 23.2 Å². The molecule has 1 N–H and O–H groups in total. The summed E-state index contributed by atoms with van der Waals surface area (Å²) >= 11 is 14.3. The van der Waals surface area contributed by atoms with E-state index in [4.69, 9.17) is 23.2 Å². The number of benzene rings is 2. The molecule has 3 fully saturated rings. The van der Waals surface area contributed by atoms with Crippen LogP contribution in [0.25, 0.3) is 0 Å². The average Bonchev–Trinajstić information content (AvgIpc) is 3.24. The van der Waals surface area contributed by atoms with Crippen molar-refractivity contribution in [3.63, 3.8) is 0 Å². The van der Waals surface area contributed by atoms with E-state index in [9.17, 15) is 33.1 Å². The van der Waals surface area contributed by atoms with E-state index in [-0.39, 0.29) is 36.5 Å². The molecular weight excluding hydrogens is 553 g/mol. The summed E-state index contributed by atoms with van der Waals surface area (Å²) in [6, 6.07) is 8.37. The number of carbonyl (C=O) groups is 4. The lowest BCUT2D eigenvalue weighted by Gasteiger charge is -2.50. The molecule has 6 rings (SSSR count). The van der Waals surface area contributed by atoms with Gasteiger partial charge in [-0.3, -0.25) is 24.1 Å². The van der Waals surface area contributed by atoms with Crippen LogP contribution in [0.3, 0.4) is 0 Å². The lowest BCUT2D eigenvalue weighted by molar-refractivity contribution is -0.140. The highest BCUT2D eigenvalue weighted by Gasteiger charge is 2.76. The summed E-state index contributed by atoms with van der Waals surface area (Å²) in [5, 5.41) is 10.8. The monoisotopic (exact) mass is 574 g/mol. The molecule has 2 aliphatic carbocycles. The smallest absolute Gasteiger partial charge is 0.258 e. The maximum absolute atomic E-state index is 14.7. The van der Waals surface area contributed by atoms with Gasteiger partial charge in [0, 0.05) is 18.0 Å². The van der Waals surface area contributed by atoms with Crippen LogP contribution in [-0.2, 0) is 19.2 Å². The Morgan fingerprint density at radius 3 is 2.33 bits per heavy atom. The van der Waals surface area contributed by atoms with Crippen LogP contribution >= 0.6 is 23.2 Å². The maximum Gasteiger partial charge on any atom is 0.258 e. The number of alkyl halides is 2. The molecule has 11 heteroatoms. The Morgan fingerprint density at radius 1 is 0.974 bits per heavy atom. The summed E-state index contributed by atoms with van der Waals surface area (Å²) in [5.74, 6) is -8.54. The minimum atomic E-state index is -2.24. The van der Waals surface area contributed by atoms with Crippen molar-refractivity contribution in [3.8, 4) is 5.75 Å². The van der Waals surface area contributed by atoms with E-state index in [0.29, 0.717) is 5.57 Å². The zero-order valence-corrected chi connectivity index (χ0v) is 22.0. The third-order valence-corrected chi connectivity index (χ3v) is 10.0. The number of rotatable bonds is 3. The zero-order chi connectivity index (χ0) is 28.0. The minimum absolute atomic E-state index is 0.0298. The van der Waals surface area contributed by atoms with E-state index < -0.39 is 68.5 Å². The van der Waals surface area contributed by atoms with Crippen LogP contribution < -0.4 is 4.90 Å². The Hall–Kier alpha value is -3.30. The summed E-state index contributed by atoms with van der Waals surface area (Å²) in [7, 11) is 0. The fraction of sp³-hybridized carbons (Fsp3) is 0.357. The van der Waals surface area contributed by atoms with E-state index in [2.05, 4.69) is 0 Å². The lowest BCUT2D eigenvalue weighted by atomic mass is 9.56. The van der Waals surface area contributed by atoms with Crippen LogP contribution in [0.2, 0.25) is 0 Å². The van der Waals surface area contributed by atoms with Crippen molar-refractivity contribution in [1.82, 2.24) is 4.90 Å². The number of phenols is 1. The number of amides is 4. The SMILES string of the molecule is CCN1C(=O)[C@H]2[C@H](CC=C3[C@H]2C[C@@]2(Cl)C(=O)N(c4ccc(F)cc4)C(=O)[C@@]2(Cl)[C@H]3c2cccc(F)c2O)C1=O. The molecule has 39 heavy (non-hydrogen) atoms. The van der Waals surface area contributed by atoms with Crippen molar-refractivity contribution in [2.24, 2.45) is 17.8 Å². The molecule has 202 valence electrons. The van der Waals surface area contributed by atoms with Gasteiger partial charge in [0.2, 0.25) is 11.8 Å². The Balaban J connectivity index is 1.59. The number of hydrogen-bond acceptors (Lipinski definition) is 5. The number of imide groups is 2. The van der Waals surface area contributed by atoms with Crippen molar-refractivity contribution in [3.05, 3.63) is 71.3 Å². The number of fused-ring (bicyclic) bond motifs is 4. The van der Waals surface area contributed by atoms with E-state index >= 15 is 0 Å². The molecule has 0 aromatic heterocycles. The molecule has 0 radical (unpaired) electrons. The van der Waals surface area contributed by atoms with Crippen LogP contribution in [0.5, 0.6) is 5.75 Å². The van der Waals surface area contributed by atoms with Crippen LogP contribution in [0.15, 0.2) is 54.1 Å². The lowest BCUT2D eigenvalue weighted by Crippen LogP contribution is -2.60. The van der Waals surface area contributed by atoms with Gasteiger partial charge < -0.3 is 5.11 Å². The molecule has 7 nitrogen and oxygen atoms in total. The predicted octanol–water partition coefficient (Wildman–Crippen LogP) is 4.25. The van der Waals surface area contributed by atoms with E-state index in [1.807, 2.05) is 0 Å². The van der Waals surface area contributed by atoms with Gasteiger partial charge in [0.15, 0.2) is 21.3 Å². The molecule has 4 aliphatic rings. The van der Waals surface area contributed by atoms with E-state index in [1.54, 1.807) is 13.0 Å². The van der Waals surface area contributed by atoms with Gasteiger partial charge in [0.1, 0.15) is 5.82 Å². The second-order valence-electron chi connectivity index (χ2n) is 10.3. The molecule has 2 saturated heterocycles. The van der Waals surface area contributed by atoms with Crippen molar-refractivity contribution >= 4 is 52.5 Å². The number of aromatic hydroxyl groups is 1. The third kappa shape index (κ3) is 3.20. The van der Waals surface area contributed by atoms with Gasteiger partial charge in [0.05, 0.1) is 17.5 Å². The number of likely N-dealkylation sites (tertiary alicyclic amines) is 1. The highest BCUT2D eigenvalue weighted by atomic mass is 35.5. The number of hydrogen-bond donors (Lipinski definition) is 1.